The van der Waals surface area contributed by atoms with Crippen molar-refractivity contribution in [2.75, 3.05) is 0 Å². The third kappa shape index (κ3) is 3.08. The number of aromatic nitrogens is 2. The van der Waals surface area contributed by atoms with Gasteiger partial charge in [-0.05, 0) is 23.5 Å². The standard InChI is InChI=1S/C17H21N3/c1-12-10-13(17(2,3)4)7-8-14(12)15-11-19-16(20-15)6-5-9-18/h7-8,10-11H,5-6H2,1-4H3,(H,19,20). The van der Waals surface area contributed by atoms with Crippen LogP contribution in [0.25, 0.3) is 11.3 Å². The van der Waals surface area contributed by atoms with Crippen LogP contribution in [0.3, 0.4) is 0 Å². The van der Waals surface area contributed by atoms with Crippen LogP contribution in [0.5, 0.6) is 0 Å². The van der Waals surface area contributed by atoms with Gasteiger partial charge in [0.15, 0.2) is 0 Å². The number of imidazole rings is 1. The molecule has 0 aliphatic rings. The summed E-state index contributed by atoms with van der Waals surface area (Å²) in [6, 6.07) is 8.71. The van der Waals surface area contributed by atoms with Crippen molar-refractivity contribution in [3.63, 3.8) is 0 Å². The molecule has 2 rings (SSSR count). The zero-order valence-corrected chi connectivity index (χ0v) is 12.6. The summed E-state index contributed by atoms with van der Waals surface area (Å²) in [7, 11) is 0. The maximum atomic E-state index is 8.61. The number of nitriles is 1. The second-order valence-corrected chi connectivity index (χ2v) is 6.18. The summed E-state index contributed by atoms with van der Waals surface area (Å²) in [6.07, 6.45) is 3.02. The molecule has 0 aliphatic carbocycles. The molecule has 0 atom stereocenters. The maximum Gasteiger partial charge on any atom is 0.107 e. The minimum atomic E-state index is 0.162. The monoisotopic (exact) mass is 267 g/mol. The Morgan fingerprint density at radius 1 is 1.30 bits per heavy atom. The number of H-pyrrole nitrogens is 1. The molecule has 0 spiro atoms. The van der Waals surface area contributed by atoms with E-state index in [4.69, 9.17) is 5.26 Å². The maximum absolute atomic E-state index is 8.61. The molecule has 1 aromatic carbocycles. The molecule has 0 aliphatic heterocycles. The van der Waals surface area contributed by atoms with Crippen LogP contribution < -0.4 is 0 Å². The van der Waals surface area contributed by atoms with Crippen LogP contribution in [0, 0.1) is 18.3 Å². The van der Waals surface area contributed by atoms with Gasteiger partial charge in [-0.2, -0.15) is 5.26 Å². The molecule has 0 saturated carbocycles. The minimum Gasteiger partial charge on any atom is -0.342 e. The fraction of sp³-hybridized carbons (Fsp3) is 0.412. The third-order valence-corrected chi connectivity index (χ3v) is 3.48. The lowest BCUT2D eigenvalue weighted by Crippen LogP contribution is -2.11. The Morgan fingerprint density at radius 2 is 2.05 bits per heavy atom. The average molecular weight is 267 g/mol. The van der Waals surface area contributed by atoms with E-state index in [-0.39, 0.29) is 5.41 Å². The van der Waals surface area contributed by atoms with Crippen LogP contribution in [-0.4, -0.2) is 9.97 Å². The van der Waals surface area contributed by atoms with E-state index in [9.17, 15) is 0 Å². The normalized spacial score (nSPS) is 11.3. The summed E-state index contributed by atoms with van der Waals surface area (Å²) < 4.78 is 0. The van der Waals surface area contributed by atoms with Gasteiger partial charge in [0.2, 0.25) is 0 Å². The van der Waals surface area contributed by atoms with Gasteiger partial charge in [0.05, 0.1) is 18.0 Å². The molecule has 0 unspecified atom stereocenters. The summed E-state index contributed by atoms with van der Waals surface area (Å²) >= 11 is 0. The molecular weight excluding hydrogens is 246 g/mol. The van der Waals surface area contributed by atoms with E-state index >= 15 is 0 Å². The Kier molecular flexibility index (Phi) is 3.94. The van der Waals surface area contributed by atoms with Gasteiger partial charge >= 0.3 is 0 Å². The zero-order chi connectivity index (χ0) is 14.8. The first kappa shape index (κ1) is 14.3. The molecule has 1 aromatic heterocycles. The smallest absolute Gasteiger partial charge is 0.107 e. The molecule has 20 heavy (non-hydrogen) atoms. The molecule has 0 radical (unpaired) electrons. The van der Waals surface area contributed by atoms with Gasteiger partial charge in [0.1, 0.15) is 5.82 Å². The van der Waals surface area contributed by atoms with Crippen LogP contribution in [0.1, 0.15) is 44.1 Å². The lowest BCUT2D eigenvalue weighted by molar-refractivity contribution is 0.590. The van der Waals surface area contributed by atoms with Crippen molar-refractivity contribution in [1.82, 2.24) is 9.97 Å². The van der Waals surface area contributed by atoms with E-state index in [1.807, 2.05) is 6.20 Å². The second kappa shape index (κ2) is 5.50. The molecule has 3 heteroatoms. The van der Waals surface area contributed by atoms with Gasteiger partial charge in [-0.3, -0.25) is 0 Å². The van der Waals surface area contributed by atoms with Crippen molar-refractivity contribution in [3.05, 3.63) is 41.3 Å². The quantitative estimate of drug-likeness (QED) is 0.908. The van der Waals surface area contributed by atoms with Crippen molar-refractivity contribution in [2.24, 2.45) is 0 Å². The lowest BCUT2D eigenvalue weighted by Gasteiger charge is -2.20. The zero-order valence-electron chi connectivity index (χ0n) is 12.6. The van der Waals surface area contributed by atoms with Crippen molar-refractivity contribution in [1.29, 1.82) is 5.26 Å². The number of benzene rings is 1. The van der Waals surface area contributed by atoms with Crippen molar-refractivity contribution < 1.29 is 0 Å². The Labute approximate surface area is 120 Å². The predicted octanol–water partition coefficient (Wildman–Crippen LogP) is 4.14. The topological polar surface area (TPSA) is 52.5 Å². The van der Waals surface area contributed by atoms with Gasteiger partial charge in [-0.15, -0.1) is 0 Å². The Balaban J connectivity index is 2.30. The molecule has 1 heterocycles. The van der Waals surface area contributed by atoms with Gasteiger partial charge in [-0.25, -0.2) is 4.98 Å². The first-order valence-electron chi connectivity index (χ1n) is 6.94. The molecular formula is C17H21N3. The van der Waals surface area contributed by atoms with Gasteiger partial charge in [-0.1, -0.05) is 39.0 Å². The molecule has 0 saturated heterocycles. The van der Waals surface area contributed by atoms with E-state index in [1.165, 1.54) is 16.7 Å². The van der Waals surface area contributed by atoms with Crippen molar-refractivity contribution in [3.8, 4) is 17.3 Å². The number of hydrogen-bond acceptors (Lipinski definition) is 2. The van der Waals surface area contributed by atoms with Crippen LogP contribution in [0.15, 0.2) is 24.4 Å². The van der Waals surface area contributed by atoms with E-state index in [2.05, 4.69) is 61.9 Å². The highest BCUT2D eigenvalue weighted by atomic mass is 14.9. The van der Waals surface area contributed by atoms with Crippen molar-refractivity contribution in [2.45, 2.75) is 46.0 Å². The molecule has 0 bridgehead atoms. The van der Waals surface area contributed by atoms with Crippen LogP contribution in [-0.2, 0) is 11.8 Å². The highest BCUT2D eigenvalue weighted by Gasteiger charge is 2.15. The predicted molar refractivity (Wildman–Crippen MR) is 81.4 cm³/mol. The van der Waals surface area contributed by atoms with Crippen molar-refractivity contribution >= 4 is 0 Å². The number of nitrogens with zero attached hydrogens (tertiary/aromatic N) is 2. The van der Waals surface area contributed by atoms with Gasteiger partial charge in [0.25, 0.3) is 0 Å². The van der Waals surface area contributed by atoms with Gasteiger partial charge < -0.3 is 4.98 Å². The molecule has 1 N–H and O–H groups in total. The molecule has 3 nitrogen and oxygen atoms in total. The second-order valence-electron chi connectivity index (χ2n) is 6.18. The largest absolute Gasteiger partial charge is 0.342 e. The summed E-state index contributed by atoms with van der Waals surface area (Å²) in [5, 5.41) is 8.61. The number of nitrogens with one attached hydrogen (secondary N) is 1. The first-order chi connectivity index (χ1) is 9.41. The Bertz CT molecular complexity index is 639. The lowest BCUT2D eigenvalue weighted by atomic mass is 9.85. The number of rotatable bonds is 3. The summed E-state index contributed by atoms with van der Waals surface area (Å²) in [5.74, 6) is 0.876. The summed E-state index contributed by atoms with van der Waals surface area (Å²) in [5.41, 5.74) is 4.94. The highest BCUT2D eigenvalue weighted by molar-refractivity contribution is 5.63. The molecule has 0 fully saturated rings. The Hall–Kier alpha value is -2.08. The minimum absolute atomic E-state index is 0.162. The summed E-state index contributed by atoms with van der Waals surface area (Å²) in [6.45, 7) is 8.79. The molecule has 0 amide bonds. The van der Waals surface area contributed by atoms with E-state index in [0.29, 0.717) is 12.8 Å². The fourth-order valence-electron chi connectivity index (χ4n) is 2.23. The first-order valence-corrected chi connectivity index (χ1v) is 6.94. The van der Waals surface area contributed by atoms with E-state index in [0.717, 1.165) is 11.5 Å². The number of hydrogen-bond donors (Lipinski definition) is 1. The van der Waals surface area contributed by atoms with E-state index < -0.39 is 0 Å². The van der Waals surface area contributed by atoms with Crippen LogP contribution in [0.4, 0.5) is 0 Å². The van der Waals surface area contributed by atoms with E-state index in [1.54, 1.807) is 0 Å². The number of aromatic amines is 1. The highest BCUT2D eigenvalue weighted by Crippen LogP contribution is 2.28. The Morgan fingerprint density at radius 3 is 2.65 bits per heavy atom. The molecule has 2 aromatic rings. The molecule has 104 valence electrons. The third-order valence-electron chi connectivity index (χ3n) is 3.48. The summed E-state index contributed by atoms with van der Waals surface area (Å²) in [4.78, 5) is 7.64. The van der Waals surface area contributed by atoms with Gasteiger partial charge in [0, 0.05) is 18.4 Å². The average Bonchev–Trinajstić information content (AvgIpc) is 2.83. The SMILES string of the molecule is Cc1cc(C(C)(C)C)ccc1-c1cnc(CCC#N)[nH]1. The van der Waals surface area contributed by atoms with Crippen LogP contribution >= 0.6 is 0 Å². The fourth-order valence-corrected chi connectivity index (χ4v) is 2.23. The number of aryl methyl sites for hydroxylation is 2. The van der Waals surface area contributed by atoms with Crippen LogP contribution in [0.2, 0.25) is 0 Å².